The van der Waals surface area contributed by atoms with Crippen molar-refractivity contribution in [1.82, 2.24) is 0 Å². The number of nitrogens with zero attached hydrogens (tertiary/aromatic N) is 1. The molecule has 0 amide bonds. The number of hydrogen-bond acceptors (Lipinski definition) is 3. The number of allylic oxidation sites excluding steroid dienone is 1. The Morgan fingerprint density at radius 2 is 1.75 bits per heavy atom. The molecule has 0 bridgehead atoms. The van der Waals surface area contributed by atoms with Crippen LogP contribution in [0.1, 0.15) is 57.7 Å². The molecule has 1 aliphatic heterocycles. The molecule has 1 aromatic rings. The molecule has 0 unspecified atom stereocenters. The molecule has 0 N–H and O–H groups in total. The monoisotopic (exact) mass is 327 g/mol. The van der Waals surface area contributed by atoms with Crippen LogP contribution in [0.2, 0.25) is 0 Å². The summed E-state index contributed by atoms with van der Waals surface area (Å²) >= 11 is 0. The number of aryl methyl sites for hydroxylation is 2. The first-order valence-electron chi connectivity index (χ1n) is 8.02. The first kappa shape index (κ1) is 21.7. The van der Waals surface area contributed by atoms with Gasteiger partial charge in [-0.1, -0.05) is 17.7 Å². The third-order valence-corrected chi connectivity index (χ3v) is 3.64. The predicted molar refractivity (Wildman–Crippen MR) is 99.7 cm³/mol. The molecule has 0 saturated heterocycles. The van der Waals surface area contributed by atoms with E-state index in [1.807, 2.05) is 66.7 Å². The lowest BCUT2D eigenvalue weighted by molar-refractivity contribution is -0.153. The zero-order valence-electron chi connectivity index (χ0n) is 16.0. The standard InChI is InChI=1S/C9H9N.C9H14O2.C3H6/c1-7-3-4-9(6-10)5-8(7)2;1-6-5-9(3,4)11-8(10)7(6)2;1-3-2/h3-5H,1-2H3;5H2,1-4H3;3H,1H2,2H3. The molecule has 1 aliphatic rings. The minimum absolute atomic E-state index is 0.168. The average Bonchev–Trinajstić information content (AvgIpc) is 2.48. The minimum Gasteiger partial charge on any atom is -0.456 e. The van der Waals surface area contributed by atoms with Gasteiger partial charge in [-0.3, -0.25) is 0 Å². The number of rotatable bonds is 0. The molecule has 24 heavy (non-hydrogen) atoms. The molecule has 0 saturated carbocycles. The van der Waals surface area contributed by atoms with Crippen molar-refractivity contribution in [3.8, 4) is 6.07 Å². The van der Waals surface area contributed by atoms with Gasteiger partial charge in [0.2, 0.25) is 0 Å². The SMILES string of the molecule is C=CC.CC1=C(C)C(=O)OC(C)(C)C1.Cc1ccc(C#N)cc1C. The zero-order valence-corrected chi connectivity index (χ0v) is 16.0. The maximum atomic E-state index is 11.1. The number of carbonyl (C=O) groups excluding carboxylic acids is 1. The van der Waals surface area contributed by atoms with Crippen molar-refractivity contribution in [2.24, 2.45) is 0 Å². The maximum Gasteiger partial charge on any atom is 0.334 e. The van der Waals surface area contributed by atoms with E-state index in [9.17, 15) is 4.79 Å². The molecular formula is C21H29NO2. The van der Waals surface area contributed by atoms with Gasteiger partial charge in [0.15, 0.2) is 0 Å². The highest BCUT2D eigenvalue weighted by molar-refractivity contribution is 5.89. The van der Waals surface area contributed by atoms with Crippen LogP contribution in [0.4, 0.5) is 0 Å². The molecule has 1 heterocycles. The van der Waals surface area contributed by atoms with E-state index in [1.54, 1.807) is 6.08 Å². The number of esters is 1. The van der Waals surface area contributed by atoms with Crippen LogP contribution in [0.15, 0.2) is 42.0 Å². The van der Waals surface area contributed by atoms with E-state index < -0.39 is 0 Å². The lowest BCUT2D eigenvalue weighted by Gasteiger charge is -2.30. The number of benzene rings is 1. The summed E-state index contributed by atoms with van der Waals surface area (Å²) in [5, 5.41) is 8.50. The molecule has 3 heteroatoms. The normalized spacial score (nSPS) is 15.0. The van der Waals surface area contributed by atoms with Gasteiger partial charge in [-0.2, -0.15) is 5.26 Å². The van der Waals surface area contributed by atoms with Crippen molar-refractivity contribution in [2.75, 3.05) is 0 Å². The van der Waals surface area contributed by atoms with Crippen LogP contribution in [-0.4, -0.2) is 11.6 Å². The highest BCUT2D eigenvalue weighted by Gasteiger charge is 2.30. The molecule has 0 fully saturated rings. The Balaban J connectivity index is 0.000000381. The van der Waals surface area contributed by atoms with E-state index in [0.29, 0.717) is 0 Å². The van der Waals surface area contributed by atoms with Crippen molar-refractivity contribution in [3.63, 3.8) is 0 Å². The van der Waals surface area contributed by atoms with Crippen LogP contribution in [0.25, 0.3) is 0 Å². The first-order chi connectivity index (χ1) is 11.1. The summed E-state index contributed by atoms with van der Waals surface area (Å²) in [6, 6.07) is 7.79. The molecule has 3 nitrogen and oxygen atoms in total. The topological polar surface area (TPSA) is 50.1 Å². The van der Waals surface area contributed by atoms with Crippen LogP contribution in [0, 0.1) is 25.2 Å². The Hall–Kier alpha value is -2.34. The van der Waals surface area contributed by atoms with Crippen molar-refractivity contribution < 1.29 is 9.53 Å². The lowest BCUT2D eigenvalue weighted by Crippen LogP contribution is -2.33. The molecule has 0 radical (unpaired) electrons. The summed E-state index contributed by atoms with van der Waals surface area (Å²) in [6.07, 6.45) is 2.60. The summed E-state index contributed by atoms with van der Waals surface area (Å²) < 4.78 is 5.16. The Morgan fingerprint density at radius 1 is 1.21 bits per heavy atom. The second-order valence-corrected chi connectivity index (χ2v) is 6.55. The Kier molecular flexibility index (Phi) is 8.77. The lowest BCUT2D eigenvalue weighted by atomic mass is 9.93. The summed E-state index contributed by atoms with van der Waals surface area (Å²) in [6.45, 7) is 17.0. The molecule has 1 aromatic carbocycles. The van der Waals surface area contributed by atoms with Gasteiger partial charge in [0, 0.05) is 12.0 Å². The summed E-state index contributed by atoms with van der Waals surface area (Å²) in [5.41, 5.74) is 4.76. The molecule has 0 aliphatic carbocycles. The van der Waals surface area contributed by atoms with E-state index in [1.165, 1.54) is 11.1 Å². The Labute approximate surface area is 146 Å². The number of cyclic esters (lactones) is 1. The smallest absolute Gasteiger partial charge is 0.334 e. The van der Waals surface area contributed by atoms with E-state index in [4.69, 9.17) is 10.00 Å². The van der Waals surface area contributed by atoms with E-state index in [2.05, 4.69) is 12.6 Å². The molecule has 130 valence electrons. The second-order valence-electron chi connectivity index (χ2n) is 6.55. The molecule has 0 atom stereocenters. The fourth-order valence-electron chi connectivity index (χ4n) is 2.12. The van der Waals surface area contributed by atoms with Gasteiger partial charge >= 0.3 is 5.97 Å². The van der Waals surface area contributed by atoms with Gasteiger partial charge in [-0.15, -0.1) is 6.58 Å². The van der Waals surface area contributed by atoms with E-state index >= 15 is 0 Å². The molecular weight excluding hydrogens is 298 g/mol. The quantitative estimate of drug-likeness (QED) is 0.472. The van der Waals surface area contributed by atoms with E-state index in [-0.39, 0.29) is 11.6 Å². The number of hydrogen-bond donors (Lipinski definition) is 0. The van der Waals surface area contributed by atoms with Crippen molar-refractivity contribution in [2.45, 2.75) is 60.5 Å². The maximum absolute atomic E-state index is 11.1. The van der Waals surface area contributed by atoms with Gasteiger partial charge in [0.1, 0.15) is 5.60 Å². The Bertz CT molecular complexity index is 661. The Morgan fingerprint density at radius 3 is 2.17 bits per heavy atom. The van der Waals surface area contributed by atoms with Crippen LogP contribution in [0.5, 0.6) is 0 Å². The van der Waals surface area contributed by atoms with Crippen molar-refractivity contribution in [3.05, 3.63) is 58.7 Å². The third kappa shape index (κ3) is 7.28. The summed E-state index contributed by atoms with van der Waals surface area (Å²) in [5.74, 6) is -0.168. The first-order valence-corrected chi connectivity index (χ1v) is 8.02. The second kappa shape index (κ2) is 9.72. The van der Waals surface area contributed by atoms with Gasteiger partial charge in [-0.25, -0.2) is 4.79 Å². The minimum atomic E-state index is -0.305. The van der Waals surface area contributed by atoms with Crippen molar-refractivity contribution >= 4 is 5.97 Å². The molecule has 0 aromatic heterocycles. The summed E-state index contributed by atoms with van der Waals surface area (Å²) in [7, 11) is 0. The highest BCUT2D eigenvalue weighted by atomic mass is 16.6. The fourth-order valence-corrected chi connectivity index (χ4v) is 2.12. The molecule has 2 rings (SSSR count). The van der Waals surface area contributed by atoms with Crippen molar-refractivity contribution in [1.29, 1.82) is 5.26 Å². The largest absolute Gasteiger partial charge is 0.456 e. The fraction of sp³-hybridized carbons (Fsp3) is 0.429. The van der Waals surface area contributed by atoms with Crippen LogP contribution < -0.4 is 0 Å². The van der Waals surface area contributed by atoms with Crippen LogP contribution in [0.3, 0.4) is 0 Å². The predicted octanol–water partition coefficient (Wildman–Crippen LogP) is 5.42. The summed E-state index contributed by atoms with van der Waals surface area (Å²) in [4.78, 5) is 11.1. The van der Waals surface area contributed by atoms with Crippen LogP contribution in [-0.2, 0) is 9.53 Å². The number of carbonyl (C=O) groups is 1. The van der Waals surface area contributed by atoms with E-state index in [0.717, 1.165) is 23.1 Å². The third-order valence-electron chi connectivity index (χ3n) is 3.64. The highest BCUT2D eigenvalue weighted by Crippen LogP contribution is 2.28. The zero-order chi connectivity index (χ0) is 18.9. The van der Waals surface area contributed by atoms with Gasteiger partial charge in [0.05, 0.1) is 11.6 Å². The van der Waals surface area contributed by atoms with Crippen LogP contribution >= 0.6 is 0 Å². The average molecular weight is 327 g/mol. The van der Waals surface area contributed by atoms with Gasteiger partial charge < -0.3 is 4.74 Å². The molecule has 0 spiro atoms. The van der Waals surface area contributed by atoms with Gasteiger partial charge in [-0.05, 0) is 71.7 Å². The number of nitriles is 1. The number of ether oxygens (including phenoxy) is 1. The van der Waals surface area contributed by atoms with Gasteiger partial charge in [0.25, 0.3) is 0 Å².